The maximum Gasteiger partial charge on any atom is 0.407 e. The molecule has 0 bridgehead atoms. The minimum atomic E-state index is -1.03. The van der Waals surface area contributed by atoms with E-state index in [4.69, 9.17) is 9.57 Å². The Balaban J connectivity index is 1.18. The van der Waals surface area contributed by atoms with Gasteiger partial charge in [-0.2, -0.15) is 5.48 Å². The number of benzene rings is 5. The number of ether oxygens (including phenoxy) is 1. The van der Waals surface area contributed by atoms with Crippen molar-refractivity contribution in [2.24, 2.45) is 0 Å². The van der Waals surface area contributed by atoms with Gasteiger partial charge < -0.3 is 20.2 Å². The zero-order valence-electron chi connectivity index (χ0n) is 26.6. The Kier molecular flexibility index (Phi) is 10.5. The van der Waals surface area contributed by atoms with Crippen molar-refractivity contribution in [1.29, 1.82) is 0 Å². The van der Waals surface area contributed by atoms with Crippen LogP contribution in [0.4, 0.5) is 4.79 Å². The monoisotopic (exact) mass is 631 g/mol. The molecule has 0 saturated carbocycles. The number of carbonyl (C=O) groups excluding carboxylic acids is 4. The zero-order chi connectivity index (χ0) is 33.3. The molecular weight excluding hydrogens is 594 g/mol. The molecule has 0 fully saturated rings. The standard InChI is InChI=1S/C38H37N3O6/c1-24-19-25(2)35(26(3)20-24)37(44)47-41-34(42)23-39-36(43)33(21-27-11-5-4-6-12-27)40-38(45)46-18-17-32-30-15-9-7-13-28(30)22-29-14-8-10-16-31(29)32/h4-16,19-20,22,33H,17-18,21,23H2,1-3H3,(H,39,43)(H,40,45)(H,41,42)/t33-/m1/s1. The Labute approximate surface area is 273 Å². The van der Waals surface area contributed by atoms with Crippen LogP contribution in [-0.2, 0) is 32.0 Å². The van der Waals surface area contributed by atoms with E-state index in [1.54, 1.807) is 13.8 Å². The SMILES string of the molecule is Cc1cc(C)c(C(=O)ONC(=O)CNC(=O)[C@@H](Cc2ccccc2)NC(=O)OCCc2c3ccccc3cc3ccccc23)c(C)c1. The number of hydrogen-bond acceptors (Lipinski definition) is 6. The maximum absolute atomic E-state index is 13.2. The number of alkyl carbamates (subject to hydrolysis) is 1. The third kappa shape index (κ3) is 8.32. The summed E-state index contributed by atoms with van der Waals surface area (Å²) < 4.78 is 5.55. The molecule has 0 aliphatic heterocycles. The van der Waals surface area contributed by atoms with Crippen molar-refractivity contribution in [3.8, 4) is 0 Å². The third-order valence-corrected chi connectivity index (χ3v) is 7.92. The average Bonchev–Trinajstić information content (AvgIpc) is 3.05. The van der Waals surface area contributed by atoms with E-state index in [9.17, 15) is 19.2 Å². The molecule has 9 heteroatoms. The normalized spacial score (nSPS) is 11.5. The van der Waals surface area contributed by atoms with Gasteiger partial charge in [-0.15, -0.1) is 0 Å². The van der Waals surface area contributed by atoms with E-state index in [2.05, 4.69) is 46.4 Å². The van der Waals surface area contributed by atoms with Crippen LogP contribution in [0.1, 0.15) is 38.2 Å². The molecule has 0 unspecified atom stereocenters. The minimum absolute atomic E-state index is 0.0945. The van der Waals surface area contributed by atoms with E-state index in [-0.39, 0.29) is 13.0 Å². The second-order valence-electron chi connectivity index (χ2n) is 11.5. The number of hydroxylamine groups is 1. The first-order chi connectivity index (χ1) is 22.7. The van der Waals surface area contributed by atoms with Crippen LogP contribution >= 0.6 is 0 Å². The highest BCUT2D eigenvalue weighted by Gasteiger charge is 2.23. The predicted octanol–water partition coefficient (Wildman–Crippen LogP) is 5.80. The number of aryl methyl sites for hydroxylation is 3. The van der Waals surface area contributed by atoms with E-state index in [1.165, 1.54) is 0 Å². The Morgan fingerprint density at radius 3 is 1.98 bits per heavy atom. The summed E-state index contributed by atoms with van der Waals surface area (Å²) in [5, 5.41) is 9.54. The maximum atomic E-state index is 13.2. The van der Waals surface area contributed by atoms with Gasteiger partial charge in [0.25, 0.3) is 5.91 Å². The van der Waals surface area contributed by atoms with Crippen LogP contribution in [-0.4, -0.2) is 43.1 Å². The zero-order valence-corrected chi connectivity index (χ0v) is 26.6. The summed E-state index contributed by atoms with van der Waals surface area (Å²) >= 11 is 0. The number of fused-ring (bicyclic) bond motifs is 2. The summed E-state index contributed by atoms with van der Waals surface area (Å²) in [6, 6.07) is 30.2. The van der Waals surface area contributed by atoms with Gasteiger partial charge in [-0.25, -0.2) is 9.59 Å². The first-order valence-electron chi connectivity index (χ1n) is 15.4. The van der Waals surface area contributed by atoms with Gasteiger partial charge in [0.05, 0.1) is 18.7 Å². The van der Waals surface area contributed by atoms with Crippen molar-refractivity contribution in [2.45, 2.75) is 39.7 Å². The molecule has 0 heterocycles. The van der Waals surface area contributed by atoms with E-state index in [0.717, 1.165) is 49.4 Å². The van der Waals surface area contributed by atoms with E-state index >= 15 is 0 Å². The largest absolute Gasteiger partial charge is 0.449 e. The summed E-state index contributed by atoms with van der Waals surface area (Å²) in [5.41, 5.74) is 6.78. The second-order valence-corrected chi connectivity index (χ2v) is 11.5. The molecule has 47 heavy (non-hydrogen) atoms. The lowest BCUT2D eigenvalue weighted by atomic mass is 9.95. The first-order valence-corrected chi connectivity index (χ1v) is 15.4. The molecule has 0 saturated heterocycles. The van der Waals surface area contributed by atoms with Crippen molar-refractivity contribution in [3.05, 3.63) is 130 Å². The lowest BCUT2D eigenvalue weighted by Gasteiger charge is -2.19. The van der Waals surface area contributed by atoms with Gasteiger partial charge in [0.2, 0.25) is 5.91 Å². The molecule has 5 aromatic carbocycles. The molecule has 3 N–H and O–H groups in total. The summed E-state index contributed by atoms with van der Waals surface area (Å²) in [6.45, 7) is 5.11. The Bertz CT molecular complexity index is 1860. The van der Waals surface area contributed by atoms with Crippen LogP contribution in [0.3, 0.4) is 0 Å². The van der Waals surface area contributed by atoms with Crippen LogP contribution in [0.2, 0.25) is 0 Å². The number of hydrogen-bond donors (Lipinski definition) is 3. The van der Waals surface area contributed by atoms with Crippen LogP contribution < -0.4 is 16.1 Å². The van der Waals surface area contributed by atoms with Gasteiger partial charge in [0.1, 0.15) is 6.04 Å². The lowest BCUT2D eigenvalue weighted by Crippen LogP contribution is -2.50. The Morgan fingerprint density at radius 1 is 0.745 bits per heavy atom. The summed E-state index contributed by atoms with van der Waals surface area (Å²) in [5.74, 6) is -2.04. The van der Waals surface area contributed by atoms with Gasteiger partial charge >= 0.3 is 12.1 Å². The van der Waals surface area contributed by atoms with Crippen molar-refractivity contribution in [1.82, 2.24) is 16.1 Å². The molecule has 0 aliphatic rings. The molecule has 5 aromatic rings. The molecule has 0 aliphatic carbocycles. The molecular formula is C38H37N3O6. The quantitative estimate of drug-likeness (QED) is 0.132. The molecule has 3 amide bonds. The van der Waals surface area contributed by atoms with Gasteiger partial charge in [0.15, 0.2) is 0 Å². The van der Waals surface area contributed by atoms with Gasteiger partial charge in [-0.05, 0) is 70.6 Å². The lowest BCUT2D eigenvalue weighted by molar-refractivity contribution is -0.132. The number of amides is 3. The molecule has 9 nitrogen and oxygen atoms in total. The van der Waals surface area contributed by atoms with Gasteiger partial charge in [-0.3, -0.25) is 9.59 Å². The fourth-order valence-electron chi connectivity index (χ4n) is 5.85. The summed E-state index contributed by atoms with van der Waals surface area (Å²) in [6.07, 6.45) is -0.114. The fraction of sp³-hybridized carbons (Fsp3) is 0.211. The number of carbonyl (C=O) groups is 4. The predicted molar refractivity (Wildman–Crippen MR) is 181 cm³/mol. The third-order valence-electron chi connectivity index (χ3n) is 7.92. The summed E-state index contributed by atoms with van der Waals surface area (Å²) in [4.78, 5) is 56.2. The highest BCUT2D eigenvalue weighted by Crippen LogP contribution is 2.29. The van der Waals surface area contributed by atoms with Crippen molar-refractivity contribution in [3.63, 3.8) is 0 Å². The number of nitrogens with one attached hydrogen (secondary N) is 3. The number of rotatable bonds is 10. The topological polar surface area (TPSA) is 123 Å². The molecule has 0 radical (unpaired) electrons. The van der Waals surface area contributed by atoms with Crippen molar-refractivity contribution < 1.29 is 28.8 Å². The van der Waals surface area contributed by atoms with Crippen LogP contribution in [0.5, 0.6) is 0 Å². The van der Waals surface area contributed by atoms with Crippen LogP contribution in [0.15, 0.2) is 97.1 Å². The van der Waals surface area contributed by atoms with Gasteiger partial charge in [0, 0.05) is 12.8 Å². The Morgan fingerprint density at radius 2 is 1.34 bits per heavy atom. The highest BCUT2D eigenvalue weighted by molar-refractivity contribution is 6.02. The molecule has 5 rings (SSSR count). The Hall–Kier alpha value is -5.70. The van der Waals surface area contributed by atoms with Crippen LogP contribution in [0, 0.1) is 20.8 Å². The van der Waals surface area contributed by atoms with E-state index in [0.29, 0.717) is 12.0 Å². The van der Waals surface area contributed by atoms with Gasteiger partial charge in [-0.1, -0.05) is 96.6 Å². The van der Waals surface area contributed by atoms with Crippen molar-refractivity contribution in [2.75, 3.05) is 13.2 Å². The second kappa shape index (κ2) is 15.1. The first kappa shape index (κ1) is 32.7. The molecule has 240 valence electrons. The molecule has 0 spiro atoms. The van der Waals surface area contributed by atoms with E-state index in [1.807, 2.05) is 73.7 Å². The summed E-state index contributed by atoms with van der Waals surface area (Å²) in [7, 11) is 0. The van der Waals surface area contributed by atoms with Crippen molar-refractivity contribution >= 4 is 45.4 Å². The van der Waals surface area contributed by atoms with E-state index < -0.39 is 36.5 Å². The molecule has 1 atom stereocenters. The fourth-order valence-corrected chi connectivity index (χ4v) is 5.85. The average molecular weight is 632 g/mol. The minimum Gasteiger partial charge on any atom is -0.449 e. The smallest absolute Gasteiger partial charge is 0.407 e. The molecule has 0 aromatic heterocycles. The van der Waals surface area contributed by atoms with Crippen LogP contribution in [0.25, 0.3) is 21.5 Å². The highest BCUT2D eigenvalue weighted by atomic mass is 16.7.